The van der Waals surface area contributed by atoms with Gasteiger partial charge in [-0.3, -0.25) is 0 Å². The van der Waals surface area contributed by atoms with Crippen LogP contribution in [0.4, 0.5) is 5.69 Å². The van der Waals surface area contributed by atoms with Crippen LogP contribution in [0, 0.1) is 17.2 Å². The number of hydrogen-bond acceptors (Lipinski definition) is 2. The molecule has 0 fully saturated rings. The lowest BCUT2D eigenvalue weighted by atomic mass is 10.1. The average Bonchev–Trinajstić information content (AvgIpc) is 2.18. The molecule has 0 saturated carbocycles. The van der Waals surface area contributed by atoms with E-state index >= 15 is 0 Å². The van der Waals surface area contributed by atoms with Gasteiger partial charge in [0.25, 0.3) is 0 Å². The molecule has 0 aliphatic rings. The topological polar surface area (TPSA) is 35.8 Å². The normalized spacial score (nSPS) is 12.3. The molecule has 0 heterocycles. The van der Waals surface area contributed by atoms with Crippen LogP contribution in [0.1, 0.15) is 26.3 Å². The molecule has 1 aromatic carbocycles. The van der Waals surface area contributed by atoms with Crippen molar-refractivity contribution in [2.24, 2.45) is 5.92 Å². The molecule has 0 aliphatic heterocycles. The minimum Gasteiger partial charge on any atom is -0.381 e. The molecule has 0 bridgehead atoms. The zero-order valence-electron chi connectivity index (χ0n) is 9.21. The molecule has 1 atom stereocenters. The van der Waals surface area contributed by atoms with Crippen molar-refractivity contribution in [2.45, 2.75) is 26.8 Å². The van der Waals surface area contributed by atoms with E-state index in [0.717, 1.165) is 10.2 Å². The Labute approximate surface area is 99.4 Å². The second-order valence-electron chi connectivity index (χ2n) is 3.98. The molecule has 1 N–H and O–H groups in total. The zero-order chi connectivity index (χ0) is 11.4. The van der Waals surface area contributed by atoms with Crippen LogP contribution in [0.3, 0.4) is 0 Å². The Balaban J connectivity index is 2.93. The molecule has 1 unspecified atom stereocenters. The standard InChI is InChI=1S/C12H15BrN2/c1-8(2)9(3)15-12-6-11(13)5-4-10(12)7-14/h4-6,8-9,15H,1-3H3. The Bertz CT molecular complexity index is 380. The Morgan fingerprint density at radius 3 is 2.53 bits per heavy atom. The summed E-state index contributed by atoms with van der Waals surface area (Å²) >= 11 is 3.40. The van der Waals surface area contributed by atoms with Gasteiger partial charge in [-0.15, -0.1) is 0 Å². The number of halogens is 1. The number of nitrogens with one attached hydrogen (secondary N) is 1. The maximum Gasteiger partial charge on any atom is 0.101 e. The van der Waals surface area contributed by atoms with E-state index in [2.05, 4.69) is 48.1 Å². The first-order valence-electron chi connectivity index (χ1n) is 5.00. The van der Waals surface area contributed by atoms with Crippen LogP contribution in [0.5, 0.6) is 0 Å². The lowest BCUT2D eigenvalue weighted by Crippen LogP contribution is -2.21. The quantitative estimate of drug-likeness (QED) is 0.904. The number of benzene rings is 1. The fourth-order valence-electron chi connectivity index (χ4n) is 1.15. The summed E-state index contributed by atoms with van der Waals surface area (Å²) in [6.45, 7) is 6.43. The Hall–Kier alpha value is -1.01. The van der Waals surface area contributed by atoms with Gasteiger partial charge < -0.3 is 5.32 Å². The van der Waals surface area contributed by atoms with Crippen LogP contribution >= 0.6 is 15.9 Å². The van der Waals surface area contributed by atoms with Crippen LogP contribution in [-0.4, -0.2) is 6.04 Å². The van der Waals surface area contributed by atoms with Gasteiger partial charge in [0, 0.05) is 10.5 Å². The summed E-state index contributed by atoms with van der Waals surface area (Å²) in [5, 5.41) is 12.3. The van der Waals surface area contributed by atoms with Gasteiger partial charge in [-0.1, -0.05) is 29.8 Å². The van der Waals surface area contributed by atoms with E-state index < -0.39 is 0 Å². The lowest BCUT2D eigenvalue weighted by molar-refractivity contribution is 0.560. The molecule has 0 aromatic heterocycles. The smallest absolute Gasteiger partial charge is 0.101 e. The summed E-state index contributed by atoms with van der Waals surface area (Å²) in [6, 6.07) is 8.18. The van der Waals surface area contributed by atoms with Crippen molar-refractivity contribution in [2.75, 3.05) is 5.32 Å². The van der Waals surface area contributed by atoms with Crippen LogP contribution in [0.25, 0.3) is 0 Å². The Kier molecular flexibility index (Phi) is 4.16. The molecular weight excluding hydrogens is 252 g/mol. The van der Waals surface area contributed by atoms with Crippen molar-refractivity contribution in [1.82, 2.24) is 0 Å². The van der Waals surface area contributed by atoms with Gasteiger partial charge >= 0.3 is 0 Å². The molecule has 0 radical (unpaired) electrons. The van der Waals surface area contributed by atoms with Gasteiger partial charge in [0.1, 0.15) is 6.07 Å². The van der Waals surface area contributed by atoms with E-state index in [4.69, 9.17) is 5.26 Å². The molecule has 1 rings (SSSR count). The van der Waals surface area contributed by atoms with Crippen LogP contribution in [0.15, 0.2) is 22.7 Å². The van der Waals surface area contributed by atoms with Crippen molar-refractivity contribution >= 4 is 21.6 Å². The van der Waals surface area contributed by atoms with Gasteiger partial charge in [0.15, 0.2) is 0 Å². The summed E-state index contributed by atoms with van der Waals surface area (Å²) < 4.78 is 0.986. The maximum absolute atomic E-state index is 8.96. The number of rotatable bonds is 3. The third-order valence-electron chi connectivity index (χ3n) is 2.49. The summed E-state index contributed by atoms with van der Waals surface area (Å²) in [6.07, 6.45) is 0. The highest BCUT2D eigenvalue weighted by molar-refractivity contribution is 9.10. The van der Waals surface area contributed by atoms with Crippen molar-refractivity contribution in [3.8, 4) is 6.07 Å². The number of hydrogen-bond donors (Lipinski definition) is 1. The molecule has 1 aromatic rings. The minimum atomic E-state index is 0.353. The zero-order valence-corrected chi connectivity index (χ0v) is 10.8. The van der Waals surface area contributed by atoms with E-state index in [1.54, 1.807) is 0 Å². The Morgan fingerprint density at radius 1 is 1.33 bits per heavy atom. The third-order valence-corrected chi connectivity index (χ3v) is 2.98. The van der Waals surface area contributed by atoms with E-state index in [1.807, 2.05) is 18.2 Å². The summed E-state index contributed by atoms with van der Waals surface area (Å²) in [7, 11) is 0. The number of nitriles is 1. The molecule has 0 spiro atoms. The predicted octanol–water partition coefficient (Wildman–Crippen LogP) is 3.78. The number of anilines is 1. The van der Waals surface area contributed by atoms with Crippen molar-refractivity contribution < 1.29 is 0 Å². The van der Waals surface area contributed by atoms with Crippen LogP contribution < -0.4 is 5.32 Å². The second-order valence-corrected chi connectivity index (χ2v) is 4.89. The third kappa shape index (κ3) is 3.24. The highest BCUT2D eigenvalue weighted by atomic mass is 79.9. The highest BCUT2D eigenvalue weighted by Crippen LogP contribution is 2.22. The van der Waals surface area contributed by atoms with Crippen molar-refractivity contribution in [3.05, 3.63) is 28.2 Å². The fraction of sp³-hybridized carbons (Fsp3) is 0.417. The number of nitrogens with zero attached hydrogens (tertiary/aromatic N) is 1. The first kappa shape index (κ1) is 12.1. The largest absolute Gasteiger partial charge is 0.381 e. The SMILES string of the molecule is CC(C)C(C)Nc1cc(Br)ccc1C#N. The molecule has 3 heteroatoms. The van der Waals surface area contributed by atoms with Gasteiger partial charge in [-0.05, 0) is 31.0 Å². The average molecular weight is 267 g/mol. The summed E-state index contributed by atoms with van der Waals surface area (Å²) in [5.41, 5.74) is 1.58. The summed E-state index contributed by atoms with van der Waals surface area (Å²) in [5.74, 6) is 0.538. The van der Waals surface area contributed by atoms with E-state index in [-0.39, 0.29) is 0 Å². The molecular formula is C12H15BrN2. The van der Waals surface area contributed by atoms with Crippen molar-refractivity contribution in [1.29, 1.82) is 5.26 Å². The predicted molar refractivity (Wildman–Crippen MR) is 66.8 cm³/mol. The monoisotopic (exact) mass is 266 g/mol. The van der Waals surface area contributed by atoms with Crippen LogP contribution in [-0.2, 0) is 0 Å². The van der Waals surface area contributed by atoms with Gasteiger partial charge in [0.2, 0.25) is 0 Å². The summed E-state index contributed by atoms with van der Waals surface area (Å²) in [4.78, 5) is 0. The van der Waals surface area contributed by atoms with E-state index in [0.29, 0.717) is 17.5 Å². The molecule has 0 saturated heterocycles. The molecule has 0 aliphatic carbocycles. The first-order valence-corrected chi connectivity index (χ1v) is 5.80. The second kappa shape index (κ2) is 5.18. The van der Waals surface area contributed by atoms with Gasteiger partial charge in [0.05, 0.1) is 11.3 Å². The van der Waals surface area contributed by atoms with E-state index in [1.165, 1.54) is 0 Å². The fourth-order valence-corrected chi connectivity index (χ4v) is 1.51. The Morgan fingerprint density at radius 2 is 2.00 bits per heavy atom. The molecule has 80 valence electrons. The van der Waals surface area contributed by atoms with Crippen LogP contribution in [0.2, 0.25) is 0 Å². The highest BCUT2D eigenvalue weighted by Gasteiger charge is 2.09. The molecule has 15 heavy (non-hydrogen) atoms. The van der Waals surface area contributed by atoms with Gasteiger partial charge in [-0.2, -0.15) is 5.26 Å². The van der Waals surface area contributed by atoms with E-state index in [9.17, 15) is 0 Å². The minimum absolute atomic E-state index is 0.353. The van der Waals surface area contributed by atoms with Crippen molar-refractivity contribution in [3.63, 3.8) is 0 Å². The maximum atomic E-state index is 8.96. The molecule has 2 nitrogen and oxygen atoms in total. The molecule has 0 amide bonds. The van der Waals surface area contributed by atoms with Gasteiger partial charge in [-0.25, -0.2) is 0 Å². The lowest BCUT2D eigenvalue weighted by Gasteiger charge is -2.19. The first-order chi connectivity index (χ1) is 7.04.